The summed E-state index contributed by atoms with van der Waals surface area (Å²) < 4.78 is 72.0. The molecule has 1 atom stereocenters. The minimum atomic E-state index is -4.65. The summed E-state index contributed by atoms with van der Waals surface area (Å²) >= 11 is 0.127. The van der Waals surface area contributed by atoms with Crippen LogP contribution in [0.2, 0.25) is 0 Å². The third-order valence-corrected chi connectivity index (χ3v) is 2.76. The molecule has 2 nitrogen and oxygen atoms in total. The number of hydrogen-bond donors (Lipinski definition) is 1. The van der Waals surface area contributed by atoms with Crippen LogP contribution in [0.4, 0.5) is 26.3 Å². The molecule has 0 saturated carbocycles. The van der Waals surface area contributed by atoms with E-state index in [9.17, 15) is 26.3 Å². The van der Waals surface area contributed by atoms with Gasteiger partial charge >= 0.3 is 12.4 Å². The van der Waals surface area contributed by atoms with Gasteiger partial charge in [0.15, 0.2) is 5.01 Å². The monoisotopic (exact) mass is 264 g/mol. The van der Waals surface area contributed by atoms with Crippen molar-refractivity contribution in [3.63, 3.8) is 0 Å². The molecule has 0 saturated heterocycles. The molecule has 1 aromatic heterocycles. The van der Waals surface area contributed by atoms with E-state index in [0.717, 1.165) is 6.20 Å². The fraction of sp³-hybridized carbons (Fsp3) is 0.571. The van der Waals surface area contributed by atoms with E-state index in [1.807, 2.05) is 0 Å². The summed E-state index contributed by atoms with van der Waals surface area (Å²) in [4.78, 5) is 2.75. The normalized spacial score (nSPS) is 15.2. The Bertz CT molecular complexity index is 354. The molecular formula is C7H6F6N2S. The highest BCUT2D eigenvalue weighted by Gasteiger charge is 2.36. The first-order valence-electron chi connectivity index (χ1n) is 3.95. The lowest BCUT2D eigenvalue weighted by Gasteiger charge is -2.11. The number of aromatic nitrogens is 1. The fourth-order valence-electron chi connectivity index (χ4n) is 0.939. The Morgan fingerprint density at radius 2 is 1.81 bits per heavy atom. The van der Waals surface area contributed by atoms with Crippen LogP contribution in [0.25, 0.3) is 0 Å². The molecule has 1 aromatic rings. The first kappa shape index (κ1) is 13.2. The summed E-state index contributed by atoms with van der Waals surface area (Å²) in [5, 5.41) is -1.19. The maximum absolute atomic E-state index is 12.1. The maximum atomic E-state index is 12.1. The van der Waals surface area contributed by atoms with Crippen molar-refractivity contribution in [3.05, 3.63) is 16.1 Å². The van der Waals surface area contributed by atoms with Gasteiger partial charge in [-0.3, -0.25) is 0 Å². The second-order valence-corrected chi connectivity index (χ2v) is 4.05. The molecule has 16 heavy (non-hydrogen) atoms. The third kappa shape index (κ3) is 3.63. The zero-order valence-electron chi connectivity index (χ0n) is 7.56. The van der Waals surface area contributed by atoms with Crippen molar-refractivity contribution in [2.24, 2.45) is 5.73 Å². The largest absolute Gasteiger partial charge is 0.443 e. The minimum absolute atomic E-state index is 0.127. The maximum Gasteiger partial charge on any atom is 0.443 e. The van der Waals surface area contributed by atoms with Gasteiger partial charge in [0.25, 0.3) is 0 Å². The second-order valence-electron chi connectivity index (χ2n) is 2.99. The van der Waals surface area contributed by atoms with Crippen molar-refractivity contribution in [1.82, 2.24) is 4.98 Å². The average molecular weight is 264 g/mol. The van der Waals surface area contributed by atoms with Gasteiger partial charge in [-0.05, 0) is 0 Å². The summed E-state index contributed by atoms with van der Waals surface area (Å²) in [5.74, 6) is 0. The van der Waals surface area contributed by atoms with Crippen LogP contribution in [0.15, 0.2) is 6.20 Å². The number of halogens is 6. The van der Waals surface area contributed by atoms with Gasteiger partial charge in [0.1, 0.15) is 0 Å². The predicted molar refractivity (Wildman–Crippen MR) is 44.7 cm³/mol. The van der Waals surface area contributed by atoms with Gasteiger partial charge in [-0.2, -0.15) is 26.3 Å². The molecule has 2 N–H and O–H groups in total. The first-order valence-corrected chi connectivity index (χ1v) is 4.76. The molecule has 92 valence electrons. The van der Waals surface area contributed by atoms with Crippen LogP contribution >= 0.6 is 11.3 Å². The smallest absolute Gasteiger partial charge is 0.323 e. The molecule has 1 unspecified atom stereocenters. The molecule has 1 rings (SSSR count). The molecule has 1 heterocycles. The van der Waals surface area contributed by atoms with Crippen molar-refractivity contribution >= 4 is 11.3 Å². The van der Waals surface area contributed by atoms with Crippen molar-refractivity contribution in [3.8, 4) is 0 Å². The Morgan fingerprint density at radius 1 is 1.25 bits per heavy atom. The highest BCUT2D eigenvalue weighted by atomic mass is 32.1. The molecule has 0 aliphatic carbocycles. The van der Waals surface area contributed by atoms with Crippen LogP contribution in [-0.2, 0) is 6.18 Å². The Morgan fingerprint density at radius 3 is 2.19 bits per heavy atom. The summed E-state index contributed by atoms with van der Waals surface area (Å²) in [6.07, 6.45) is -9.81. The van der Waals surface area contributed by atoms with E-state index in [2.05, 4.69) is 4.98 Å². The van der Waals surface area contributed by atoms with Gasteiger partial charge in [-0.25, -0.2) is 4.98 Å². The average Bonchev–Trinajstić information content (AvgIpc) is 2.46. The molecule has 0 aliphatic heterocycles. The molecule has 0 fully saturated rings. The van der Waals surface area contributed by atoms with Crippen molar-refractivity contribution in [2.75, 3.05) is 0 Å². The third-order valence-electron chi connectivity index (χ3n) is 1.58. The molecular weight excluding hydrogens is 258 g/mol. The zero-order valence-corrected chi connectivity index (χ0v) is 8.38. The predicted octanol–water partition coefficient (Wildman–Crippen LogP) is 3.11. The van der Waals surface area contributed by atoms with Gasteiger partial charge in [-0.15, -0.1) is 11.3 Å². The molecule has 0 amide bonds. The lowest BCUT2D eigenvalue weighted by Crippen LogP contribution is -2.19. The van der Waals surface area contributed by atoms with Crippen molar-refractivity contribution in [1.29, 1.82) is 0 Å². The highest BCUT2D eigenvalue weighted by molar-refractivity contribution is 7.11. The number of hydrogen-bond acceptors (Lipinski definition) is 3. The Labute approximate surface area is 90.1 Å². The molecule has 9 heteroatoms. The van der Waals surface area contributed by atoms with E-state index >= 15 is 0 Å². The molecule has 0 bridgehead atoms. The van der Waals surface area contributed by atoms with Crippen LogP contribution in [0, 0.1) is 0 Å². The minimum Gasteiger partial charge on any atom is -0.323 e. The van der Waals surface area contributed by atoms with Gasteiger partial charge < -0.3 is 5.73 Å². The van der Waals surface area contributed by atoms with Crippen LogP contribution in [-0.4, -0.2) is 11.2 Å². The number of alkyl halides is 6. The van der Waals surface area contributed by atoms with Gasteiger partial charge in [0.2, 0.25) is 0 Å². The van der Waals surface area contributed by atoms with Crippen molar-refractivity contribution < 1.29 is 26.3 Å². The summed E-state index contributed by atoms with van der Waals surface area (Å²) in [6.45, 7) is 0. The van der Waals surface area contributed by atoms with E-state index in [1.54, 1.807) is 0 Å². The van der Waals surface area contributed by atoms with E-state index in [-0.39, 0.29) is 16.2 Å². The van der Waals surface area contributed by atoms with Gasteiger partial charge in [0, 0.05) is 17.1 Å². The summed E-state index contributed by atoms with van der Waals surface area (Å²) in [7, 11) is 0. The fourth-order valence-corrected chi connectivity index (χ4v) is 1.72. The quantitative estimate of drug-likeness (QED) is 0.833. The lowest BCUT2D eigenvalue weighted by atomic mass is 10.2. The van der Waals surface area contributed by atoms with E-state index < -0.39 is 29.8 Å². The summed E-state index contributed by atoms with van der Waals surface area (Å²) in [5.41, 5.74) is 5.12. The second kappa shape index (κ2) is 4.21. The van der Waals surface area contributed by atoms with Crippen LogP contribution in [0.3, 0.4) is 0 Å². The molecule has 0 spiro atoms. The number of nitrogens with two attached hydrogens (primary N) is 1. The zero-order chi connectivity index (χ0) is 12.6. The number of thiazole rings is 1. The Kier molecular flexibility index (Phi) is 3.48. The van der Waals surface area contributed by atoms with Gasteiger partial charge in [0.05, 0.1) is 6.42 Å². The topological polar surface area (TPSA) is 38.9 Å². The Balaban J connectivity index is 2.79. The van der Waals surface area contributed by atoms with E-state index in [0.29, 0.717) is 0 Å². The highest BCUT2D eigenvalue weighted by Crippen LogP contribution is 2.36. The van der Waals surface area contributed by atoms with Crippen molar-refractivity contribution in [2.45, 2.75) is 24.8 Å². The van der Waals surface area contributed by atoms with E-state index in [1.165, 1.54) is 0 Å². The van der Waals surface area contributed by atoms with Crippen LogP contribution in [0.5, 0.6) is 0 Å². The first-order chi connectivity index (χ1) is 7.09. The van der Waals surface area contributed by atoms with Crippen LogP contribution < -0.4 is 5.73 Å². The number of rotatable bonds is 2. The summed E-state index contributed by atoms with van der Waals surface area (Å²) in [6, 6.07) is -1.51. The lowest BCUT2D eigenvalue weighted by molar-refractivity contribution is -0.138. The van der Waals surface area contributed by atoms with Gasteiger partial charge in [-0.1, -0.05) is 0 Å². The SMILES string of the molecule is NC(CC(F)(F)F)c1cnc(C(F)(F)F)s1. The number of nitrogens with zero attached hydrogens (tertiary/aromatic N) is 1. The van der Waals surface area contributed by atoms with E-state index in [4.69, 9.17) is 5.73 Å². The standard InChI is InChI=1S/C7H6F6N2S/c8-6(9,10)1-3(14)4-2-15-5(16-4)7(11,12)13/h2-3H,1,14H2. The Hall–Kier alpha value is -0.830. The molecule has 0 aliphatic rings. The molecule has 0 aromatic carbocycles. The van der Waals surface area contributed by atoms with Crippen LogP contribution in [0.1, 0.15) is 22.3 Å². The molecule has 0 radical (unpaired) electrons.